The average molecular weight is 367 g/mol. The van der Waals surface area contributed by atoms with Crippen LogP contribution >= 0.6 is 0 Å². The molecular formula is C19H22BN3O4. The number of rotatable bonds is 8. The number of fused-ring (bicyclic) bond motifs is 3. The fourth-order valence-corrected chi connectivity index (χ4v) is 3.20. The van der Waals surface area contributed by atoms with Gasteiger partial charge in [0, 0.05) is 19.0 Å². The smallest absolute Gasteiger partial charge is 0.407 e. The summed E-state index contributed by atoms with van der Waals surface area (Å²) in [6.45, 7) is 0.766. The van der Waals surface area contributed by atoms with Gasteiger partial charge in [-0.2, -0.15) is 0 Å². The minimum atomic E-state index is -0.502. The van der Waals surface area contributed by atoms with Gasteiger partial charge in [-0.25, -0.2) is 4.79 Å². The van der Waals surface area contributed by atoms with Crippen LogP contribution in [0.15, 0.2) is 48.5 Å². The summed E-state index contributed by atoms with van der Waals surface area (Å²) in [5.74, 6) is -0.236. The van der Waals surface area contributed by atoms with Crippen LogP contribution in [-0.2, 0) is 14.4 Å². The van der Waals surface area contributed by atoms with Crippen LogP contribution in [0.2, 0.25) is 0 Å². The molecule has 0 bridgehead atoms. The van der Waals surface area contributed by atoms with Crippen molar-refractivity contribution in [3.8, 4) is 11.1 Å². The van der Waals surface area contributed by atoms with Crippen molar-refractivity contribution in [2.45, 2.75) is 5.92 Å². The number of alkyl carbamates (subject to hydrolysis) is 1. The first-order valence-corrected chi connectivity index (χ1v) is 8.84. The first-order chi connectivity index (χ1) is 13.2. The van der Waals surface area contributed by atoms with Gasteiger partial charge in [-0.15, -0.1) is 0 Å². The van der Waals surface area contributed by atoms with Crippen LogP contribution in [0, 0.1) is 0 Å². The fraction of sp³-hybridized carbons (Fsp3) is 0.263. The minimum Gasteiger partial charge on any atom is -0.449 e. The Balaban J connectivity index is 1.47. The van der Waals surface area contributed by atoms with Crippen LogP contribution in [-0.4, -0.2) is 46.3 Å². The summed E-state index contributed by atoms with van der Waals surface area (Å²) < 4.78 is 5.41. The second kappa shape index (κ2) is 9.20. The second-order valence-electron chi connectivity index (χ2n) is 6.10. The van der Waals surface area contributed by atoms with Crippen LogP contribution < -0.4 is 16.0 Å². The van der Waals surface area contributed by atoms with Crippen molar-refractivity contribution in [1.82, 2.24) is 16.0 Å². The van der Waals surface area contributed by atoms with E-state index in [0.717, 1.165) is 0 Å². The van der Waals surface area contributed by atoms with Gasteiger partial charge < -0.3 is 20.2 Å². The van der Waals surface area contributed by atoms with Gasteiger partial charge >= 0.3 is 6.09 Å². The third kappa shape index (κ3) is 4.66. The van der Waals surface area contributed by atoms with E-state index in [1.54, 1.807) is 7.98 Å². The largest absolute Gasteiger partial charge is 0.449 e. The highest BCUT2D eigenvalue weighted by atomic mass is 16.6. The maximum absolute atomic E-state index is 12.0. The Morgan fingerprint density at radius 2 is 1.52 bits per heavy atom. The zero-order chi connectivity index (χ0) is 19.1. The number of benzene rings is 2. The molecule has 140 valence electrons. The van der Waals surface area contributed by atoms with Gasteiger partial charge in [-0.3, -0.25) is 10.2 Å². The molecule has 1 aliphatic rings. The molecule has 2 aromatic carbocycles. The third-order valence-electron chi connectivity index (χ3n) is 4.41. The summed E-state index contributed by atoms with van der Waals surface area (Å²) in [6.07, 6.45) is -0.502. The maximum atomic E-state index is 12.0. The predicted octanol–water partition coefficient (Wildman–Crippen LogP) is 0.711. The molecule has 3 rings (SSSR count). The number of ether oxygens (including phenoxy) is 1. The third-order valence-corrected chi connectivity index (χ3v) is 4.41. The van der Waals surface area contributed by atoms with Crippen LogP contribution in [0.1, 0.15) is 17.0 Å². The molecule has 2 amide bonds. The molecule has 0 unspecified atom stereocenters. The van der Waals surface area contributed by atoms with E-state index < -0.39 is 6.09 Å². The molecule has 0 spiro atoms. The molecule has 0 aliphatic heterocycles. The molecule has 0 saturated carbocycles. The zero-order valence-corrected chi connectivity index (χ0v) is 15.2. The molecule has 0 saturated heterocycles. The lowest BCUT2D eigenvalue weighted by Gasteiger charge is -2.14. The molecule has 8 heteroatoms. The molecule has 27 heavy (non-hydrogen) atoms. The highest BCUT2D eigenvalue weighted by molar-refractivity contribution is 6.03. The number of carbonyl (C=O) groups excluding carboxylic acids is 2. The van der Waals surface area contributed by atoms with Crippen LogP contribution in [0.25, 0.3) is 11.1 Å². The second-order valence-corrected chi connectivity index (χ2v) is 6.10. The van der Waals surface area contributed by atoms with E-state index >= 15 is 0 Å². The van der Waals surface area contributed by atoms with Gasteiger partial charge in [0.25, 0.3) is 0 Å². The molecule has 0 aromatic heterocycles. The Kier molecular flexibility index (Phi) is 6.46. The summed E-state index contributed by atoms with van der Waals surface area (Å²) in [7, 11) is 1.58. The predicted molar refractivity (Wildman–Crippen MR) is 104 cm³/mol. The average Bonchev–Trinajstić information content (AvgIpc) is 3.02. The lowest BCUT2D eigenvalue weighted by Crippen LogP contribution is -2.37. The van der Waals surface area contributed by atoms with Crippen molar-refractivity contribution < 1.29 is 19.2 Å². The molecule has 0 fully saturated rings. The first-order valence-electron chi connectivity index (χ1n) is 8.84. The van der Waals surface area contributed by atoms with E-state index in [-0.39, 0.29) is 31.6 Å². The Hall–Kier alpha value is -2.84. The van der Waals surface area contributed by atoms with E-state index in [1.165, 1.54) is 22.3 Å². The van der Waals surface area contributed by atoms with Gasteiger partial charge in [0.15, 0.2) is 0 Å². The Bertz CT molecular complexity index is 770. The van der Waals surface area contributed by atoms with Crippen molar-refractivity contribution in [2.75, 3.05) is 26.3 Å². The number of hydrogen-bond acceptors (Lipinski definition) is 5. The monoisotopic (exact) mass is 367 g/mol. The van der Waals surface area contributed by atoms with Gasteiger partial charge in [0.1, 0.15) is 13.2 Å². The van der Waals surface area contributed by atoms with Gasteiger partial charge in [0.05, 0.1) is 0 Å². The van der Waals surface area contributed by atoms with Gasteiger partial charge in [-0.05, 0) is 22.3 Å². The molecule has 0 radical (unpaired) electrons. The highest BCUT2D eigenvalue weighted by Crippen LogP contribution is 2.44. The van der Waals surface area contributed by atoms with Gasteiger partial charge in [0.2, 0.25) is 13.9 Å². The van der Waals surface area contributed by atoms with Gasteiger partial charge in [-0.1, -0.05) is 48.5 Å². The quantitative estimate of drug-likeness (QED) is 0.363. The van der Waals surface area contributed by atoms with Crippen molar-refractivity contribution in [3.05, 3.63) is 59.7 Å². The first kappa shape index (κ1) is 18.9. The molecule has 7 nitrogen and oxygen atoms in total. The van der Waals surface area contributed by atoms with Crippen molar-refractivity contribution in [2.24, 2.45) is 0 Å². The molecular weight excluding hydrogens is 345 g/mol. The van der Waals surface area contributed by atoms with Crippen molar-refractivity contribution >= 4 is 20.0 Å². The number of nitrogens with one attached hydrogen (secondary N) is 3. The summed E-state index contributed by atoms with van der Waals surface area (Å²) in [6, 6.07) is 16.4. The van der Waals surface area contributed by atoms with Crippen LogP contribution in [0.5, 0.6) is 0 Å². The number of hydrogen-bond donors (Lipinski definition) is 3. The summed E-state index contributed by atoms with van der Waals surface area (Å²) in [4.78, 5) is 28.1. The normalized spacial score (nSPS) is 12.1. The molecule has 0 heterocycles. The Labute approximate surface area is 158 Å². The summed E-state index contributed by atoms with van der Waals surface area (Å²) in [5.41, 5.74) is 4.72. The van der Waals surface area contributed by atoms with E-state index in [9.17, 15) is 9.59 Å². The van der Waals surface area contributed by atoms with Crippen LogP contribution in [0.3, 0.4) is 0 Å². The molecule has 3 N–H and O–H groups in total. The maximum Gasteiger partial charge on any atom is 0.407 e. The zero-order valence-electron chi connectivity index (χ0n) is 15.2. The van der Waals surface area contributed by atoms with E-state index in [4.69, 9.17) is 9.57 Å². The molecule has 0 atom stereocenters. The Morgan fingerprint density at radius 1 is 0.926 bits per heavy atom. The number of carbonyl (C=O) groups is 2. The minimum absolute atomic E-state index is 0.0292. The molecule has 1 aliphatic carbocycles. The van der Waals surface area contributed by atoms with E-state index in [2.05, 4.69) is 40.3 Å². The SMILES string of the molecule is BNOCC(=O)NCCNC(=O)OCC1c2ccccc2-c2ccccc21. The van der Waals surface area contributed by atoms with E-state index in [0.29, 0.717) is 6.54 Å². The number of amides is 2. The summed E-state index contributed by atoms with van der Waals surface area (Å²) in [5, 5.41) is 7.67. The van der Waals surface area contributed by atoms with Crippen molar-refractivity contribution in [3.63, 3.8) is 0 Å². The lowest BCUT2D eigenvalue weighted by molar-refractivity contribution is -0.126. The topological polar surface area (TPSA) is 88.7 Å². The standard InChI is InChI=1S/C19H22BN3O4/c20-23-27-12-18(24)21-9-10-22-19(25)26-11-17-15-7-3-1-5-13(15)14-6-2-4-8-16(14)17/h1-8,17,23H,9-12,20H2,(H,21,24)(H,22,25). The van der Waals surface area contributed by atoms with Crippen LogP contribution in [0.4, 0.5) is 4.79 Å². The lowest BCUT2D eigenvalue weighted by atomic mass is 9.98. The fourth-order valence-electron chi connectivity index (χ4n) is 3.20. The summed E-state index contributed by atoms with van der Waals surface area (Å²) >= 11 is 0. The van der Waals surface area contributed by atoms with Crippen molar-refractivity contribution in [1.29, 1.82) is 0 Å². The van der Waals surface area contributed by atoms with E-state index in [1.807, 2.05) is 24.3 Å². The highest BCUT2D eigenvalue weighted by Gasteiger charge is 2.28. The molecule has 2 aromatic rings. The Morgan fingerprint density at radius 3 is 2.15 bits per heavy atom.